The Morgan fingerprint density at radius 1 is 1.04 bits per heavy atom. The lowest BCUT2D eigenvalue weighted by atomic mass is 10.1. The normalized spacial score (nSPS) is 15.1. The Hall–Kier alpha value is -2.18. The smallest absolute Gasteiger partial charge is 0.243 e. The van der Waals surface area contributed by atoms with Gasteiger partial charge in [-0.2, -0.15) is 4.31 Å². The van der Waals surface area contributed by atoms with E-state index in [1.165, 1.54) is 48.3 Å². The minimum atomic E-state index is -3.65. The van der Waals surface area contributed by atoms with Crippen molar-refractivity contribution in [1.29, 1.82) is 0 Å². The highest BCUT2D eigenvalue weighted by atomic mass is 32.2. The second-order valence-corrected chi connectivity index (χ2v) is 9.10. The van der Waals surface area contributed by atoms with Crippen LogP contribution in [0.15, 0.2) is 53.4 Å². The third-order valence-electron chi connectivity index (χ3n) is 5.01. The number of hydrogen-bond donors (Lipinski definition) is 0. The molecule has 0 radical (unpaired) electrons. The molecule has 1 fully saturated rings. The molecule has 0 spiro atoms. The Morgan fingerprint density at radius 3 is 2.33 bits per heavy atom. The van der Waals surface area contributed by atoms with Gasteiger partial charge in [-0.25, -0.2) is 8.42 Å². The fourth-order valence-electron chi connectivity index (χ4n) is 3.36. The first-order chi connectivity index (χ1) is 12.9. The molecule has 27 heavy (non-hydrogen) atoms. The van der Waals surface area contributed by atoms with Crippen molar-refractivity contribution in [2.75, 3.05) is 25.0 Å². The van der Waals surface area contributed by atoms with Crippen LogP contribution in [-0.4, -0.2) is 38.6 Å². The fourth-order valence-corrected chi connectivity index (χ4v) is 4.57. The number of benzene rings is 2. The van der Waals surface area contributed by atoms with Crippen LogP contribution in [0.3, 0.4) is 0 Å². The summed E-state index contributed by atoms with van der Waals surface area (Å²) < 4.78 is 27.0. The van der Waals surface area contributed by atoms with Crippen molar-refractivity contribution in [1.82, 2.24) is 4.31 Å². The monoisotopic (exact) mass is 386 g/mol. The molecule has 0 aliphatic carbocycles. The van der Waals surface area contributed by atoms with Crippen LogP contribution in [0.25, 0.3) is 0 Å². The van der Waals surface area contributed by atoms with Gasteiger partial charge >= 0.3 is 0 Å². The van der Waals surface area contributed by atoms with E-state index in [-0.39, 0.29) is 17.2 Å². The molecule has 1 saturated heterocycles. The fraction of sp³-hybridized carbons (Fsp3) is 0.381. The lowest BCUT2D eigenvalue weighted by Gasteiger charge is -2.29. The number of sulfonamides is 1. The van der Waals surface area contributed by atoms with Gasteiger partial charge in [0.1, 0.15) is 0 Å². The molecule has 0 bridgehead atoms. The Bertz CT molecular complexity index is 901. The van der Waals surface area contributed by atoms with Gasteiger partial charge in [0.2, 0.25) is 10.0 Å². The lowest BCUT2D eigenvalue weighted by molar-refractivity contribution is 0.101. The highest BCUT2D eigenvalue weighted by Gasteiger charge is 2.22. The Balaban J connectivity index is 1.73. The van der Waals surface area contributed by atoms with Crippen molar-refractivity contribution in [3.05, 3.63) is 59.7 Å². The van der Waals surface area contributed by atoms with E-state index in [1.807, 2.05) is 12.1 Å². The van der Waals surface area contributed by atoms with E-state index in [0.717, 1.165) is 18.7 Å². The van der Waals surface area contributed by atoms with E-state index in [9.17, 15) is 13.2 Å². The van der Waals surface area contributed by atoms with Crippen LogP contribution in [0, 0.1) is 0 Å². The maximum Gasteiger partial charge on any atom is 0.243 e. The first kappa shape index (κ1) is 19.6. The zero-order valence-corrected chi connectivity index (χ0v) is 16.7. The van der Waals surface area contributed by atoms with Crippen molar-refractivity contribution in [3.63, 3.8) is 0 Å². The topological polar surface area (TPSA) is 57.7 Å². The van der Waals surface area contributed by atoms with E-state index in [1.54, 1.807) is 19.2 Å². The van der Waals surface area contributed by atoms with Gasteiger partial charge in [0.05, 0.1) is 4.90 Å². The van der Waals surface area contributed by atoms with E-state index in [0.29, 0.717) is 5.56 Å². The number of ketones is 1. The summed E-state index contributed by atoms with van der Waals surface area (Å²) in [5, 5.41) is 0. The molecule has 3 rings (SSSR count). The molecule has 5 nitrogen and oxygen atoms in total. The van der Waals surface area contributed by atoms with Crippen molar-refractivity contribution in [2.24, 2.45) is 0 Å². The molecule has 0 atom stereocenters. The van der Waals surface area contributed by atoms with Gasteiger partial charge in [-0.05, 0) is 56.0 Å². The van der Waals surface area contributed by atoms with Crippen molar-refractivity contribution in [3.8, 4) is 0 Å². The molecule has 1 heterocycles. The van der Waals surface area contributed by atoms with E-state index in [4.69, 9.17) is 0 Å². The largest absolute Gasteiger partial charge is 0.372 e. The molecule has 0 N–H and O–H groups in total. The van der Waals surface area contributed by atoms with Crippen LogP contribution >= 0.6 is 0 Å². The van der Waals surface area contributed by atoms with Gasteiger partial charge < -0.3 is 4.90 Å². The van der Waals surface area contributed by atoms with Crippen LogP contribution in [0.5, 0.6) is 0 Å². The second kappa shape index (κ2) is 8.23. The molecule has 0 aromatic heterocycles. The van der Waals surface area contributed by atoms with Gasteiger partial charge in [-0.15, -0.1) is 0 Å². The molecule has 0 amide bonds. The lowest BCUT2D eigenvalue weighted by Crippen LogP contribution is -2.29. The zero-order valence-electron chi connectivity index (χ0n) is 15.9. The van der Waals surface area contributed by atoms with Crippen LogP contribution in [-0.2, 0) is 16.6 Å². The second-order valence-electron chi connectivity index (χ2n) is 7.06. The molecule has 6 heteroatoms. The van der Waals surface area contributed by atoms with Gasteiger partial charge in [-0.1, -0.05) is 24.3 Å². The standard InChI is InChI=1S/C21H26N2O3S/c1-17(24)19-7-6-8-21(15-19)27(25,26)22(2)16-18-9-11-20(12-10-18)23-13-4-3-5-14-23/h6-12,15H,3-5,13-14,16H2,1-2H3. The Kier molecular flexibility index (Phi) is 5.97. The maximum absolute atomic E-state index is 12.8. The number of nitrogens with zero attached hydrogens (tertiary/aromatic N) is 2. The van der Waals surface area contributed by atoms with Gasteiger partial charge in [-0.3, -0.25) is 4.79 Å². The van der Waals surface area contributed by atoms with Crippen LogP contribution in [0.4, 0.5) is 5.69 Å². The molecule has 1 aliphatic rings. The zero-order chi connectivity index (χ0) is 19.4. The number of carbonyl (C=O) groups excluding carboxylic acids is 1. The molecule has 0 unspecified atom stereocenters. The predicted molar refractivity (Wildman–Crippen MR) is 108 cm³/mol. The number of hydrogen-bond acceptors (Lipinski definition) is 4. The molecule has 1 aliphatic heterocycles. The van der Waals surface area contributed by atoms with E-state index < -0.39 is 10.0 Å². The average molecular weight is 387 g/mol. The SMILES string of the molecule is CC(=O)c1cccc(S(=O)(=O)N(C)Cc2ccc(N3CCCCC3)cc2)c1. The van der Waals surface area contributed by atoms with Crippen LogP contribution < -0.4 is 4.90 Å². The Morgan fingerprint density at radius 2 is 1.70 bits per heavy atom. The van der Waals surface area contributed by atoms with E-state index in [2.05, 4.69) is 17.0 Å². The minimum Gasteiger partial charge on any atom is -0.372 e. The number of piperidine rings is 1. The molecule has 2 aromatic carbocycles. The summed E-state index contributed by atoms with van der Waals surface area (Å²) >= 11 is 0. The summed E-state index contributed by atoms with van der Waals surface area (Å²) in [7, 11) is -2.09. The quantitative estimate of drug-likeness (QED) is 0.711. The van der Waals surface area contributed by atoms with Gasteiger partial charge in [0.15, 0.2) is 5.78 Å². The van der Waals surface area contributed by atoms with Crippen LogP contribution in [0.2, 0.25) is 0 Å². The maximum atomic E-state index is 12.8. The first-order valence-electron chi connectivity index (χ1n) is 9.29. The highest BCUT2D eigenvalue weighted by molar-refractivity contribution is 7.89. The Labute approximate surface area is 161 Å². The molecular formula is C21H26N2O3S. The van der Waals surface area contributed by atoms with Gasteiger partial charge in [0.25, 0.3) is 0 Å². The minimum absolute atomic E-state index is 0.141. The summed E-state index contributed by atoms with van der Waals surface area (Å²) in [6, 6.07) is 14.3. The van der Waals surface area contributed by atoms with Crippen molar-refractivity contribution >= 4 is 21.5 Å². The molecule has 0 saturated carbocycles. The molecule has 144 valence electrons. The first-order valence-corrected chi connectivity index (χ1v) is 10.7. The number of rotatable bonds is 6. The summed E-state index contributed by atoms with van der Waals surface area (Å²) in [5.74, 6) is -0.150. The van der Waals surface area contributed by atoms with E-state index >= 15 is 0 Å². The predicted octanol–water partition coefficient (Wildman–Crippen LogP) is 3.70. The van der Waals surface area contributed by atoms with Crippen LogP contribution in [0.1, 0.15) is 42.1 Å². The summed E-state index contributed by atoms with van der Waals surface area (Å²) in [4.78, 5) is 14.1. The average Bonchev–Trinajstić information content (AvgIpc) is 2.69. The molecular weight excluding hydrogens is 360 g/mol. The number of carbonyl (C=O) groups is 1. The number of Topliss-reactive ketones (excluding diaryl/α,β-unsaturated/α-hetero) is 1. The summed E-state index contributed by atoms with van der Waals surface area (Å²) in [6.45, 7) is 3.88. The van der Waals surface area contributed by atoms with Gasteiger partial charge in [0, 0.05) is 37.9 Å². The van der Waals surface area contributed by atoms with Crippen molar-refractivity contribution < 1.29 is 13.2 Å². The summed E-state index contributed by atoms with van der Waals surface area (Å²) in [5.41, 5.74) is 2.53. The number of anilines is 1. The molecule has 2 aromatic rings. The third kappa shape index (κ3) is 4.57. The third-order valence-corrected chi connectivity index (χ3v) is 6.81. The summed E-state index contributed by atoms with van der Waals surface area (Å²) in [6.07, 6.45) is 3.74. The highest BCUT2D eigenvalue weighted by Crippen LogP contribution is 2.22. The van der Waals surface area contributed by atoms with Crippen molar-refractivity contribution in [2.45, 2.75) is 37.6 Å².